The van der Waals surface area contributed by atoms with Crippen LogP contribution in [0, 0.1) is 0 Å². The third kappa shape index (κ3) is 5.33. The Balaban J connectivity index is 2.54. The van der Waals surface area contributed by atoms with E-state index in [1.54, 1.807) is 0 Å². The molecule has 104 valence electrons. The highest BCUT2D eigenvalue weighted by atomic mass is 32.2. The van der Waals surface area contributed by atoms with Gasteiger partial charge in [-0.15, -0.1) is 0 Å². The SMILES string of the molecule is NS(=O)(=O)c1ccc(NC(=O)NOCC(=O)O)cc1. The van der Waals surface area contributed by atoms with Crippen LogP contribution in [0.2, 0.25) is 0 Å². The van der Waals surface area contributed by atoms with Crippen molar-refractivity contribution in [1.29, 1.82) is 0 Å². The van der Waals surface area contributed by atoms with E-state index >= 15 is 0 Å². The first kappa shape index (κ1) is 14.9. The van der Waals surface area contributed by atoms with Crippen molar-refractivity contribution in [3.05, 3.63) is 24.3 Å². The van der Waals surface area contributed by atoms with Crippen molar-refractivity contribution < 1.29 is 28.0 Å². The van der Waals surface area contributed by atoms with Crippen LogP contribution >= 0.6 is 0 Å². The Hall–Kier alpha value is -2.17. The fraction of sp³-hybridized carbons (Fsp3) is 0.111. The molecule has 0 saturated heterocycles. The van der Waals surface area contributed by atoms with Crippen molar-refractivity contribution in [2.24, 2.45) is 5.14 Å². The van der Waals surface area contributed by atoms with Crippen LogP contribution in [0.25, 0.3) is 0 Å². The van der Waals surface area contributed by atoms with E-state index in [1.165, 1.54) is 24.3 Å². The molecule has 0 aliphatic heterocycles. The van der Waals surface area contributed by atoms with Crippen LogP contribution in [0.4, 0.5) is 10.5 Å². The van der Waals surface area contributed by atoms with E-state index in [9.17, 15) is 18.0 Å². The summed E-state index contributed by atoms with van der Waals surface area (Å²) in [6.45, 7) is -0.683. The molecule has 0 aliphatic carbocycles. The highest BCUT2D eigenvalue weighted by molar-refractivity contribution is 7.89. The second kappa shape index (κ2) is 6.13. The minimum Gasteiger partial charge on any atom is -0.479 e. The van der Waals surface area contributed by atoms with E-state index in [-0.39, 0.29) is 10.6 Å². The van der Waals surface area contributed by atoms with E-state index in [2.05, 4.69) is 10.2 Å². The first-order chi connectivity index (χ1) is 8.79. The van der Waals surface area contributed by atoms with Crippen LogP contribution in [-0.2, 0) is 19.7 Å². The number of anilines is 1. The number of carboxylic acid groups (broad SMARTS) is 1. The van der Waals surface area contributed by atoms with Crippen LogP contribution < -0.4 is 15.9 Å². The maximum atomic E-state index is 11.2. The number of carbonyl (C=O) groups excluding carboxylic acids is 1. The van der Waals surface area contributed by atoms with Crippen LogP contribution in [0.5, 0.6) is 0 Å². The van der Waals surface area contributed by atoms with Gasteiger partial charge in [0.25, 0.3) is 0 Å². The first-order valence-corrected chi connectivity index (χ1v) is 6.37. The molecule has 1 rings (SSSR count). The number of aliphatic carboxylic acids is 1. The lowest BCUT2D eigenvalue weighted by atomic mass is 10.3. The van der Waals surface area contributed by atoms with Gasteiger partial charge in [-0.1, -0.05) is 0 Å². The van der Waals surface area contributed by atoms with Gasteiger partial charge in [-0.3, -0.25) is 4.84 Å². The highest BCUT2D eigenvalue weighted by Gasteiger charge is 2.08. The van der Waals surface area contributed by atoms with Gasteiger partial charge >= 0.3 is 12.0 Å². The maximum Gasteiger partial charge on any atom is 0.343 e. The average Bonchev–Trinajstić information content (AvgIpc) is 2.27. The first-order valence-electron chi connectivity index (χ1n) is 4.82. The molecule has 0 radical (unpaired) electrons. The Kier molecular flexibility index (Phi) is 4.80. The van der Waals surface area contributed by atoms with Crippen molar-refractivity contribution in [3.63, 3.8) is 0 Å². The summed E-state index contributed by atoms with van der Waals surface area (Å²) in [7, 11) is -3.79. The van der Waals surface area contributed by atoms with Gasteiger partial charge in [0.1, 0.15) is 0 Å². The van der Waals surface area contributed by atoms with E-state index in [0.29, 0.717) is 0 Å². The topological polar surface area (TPSA) is 148 Å². The quantitative estimate of drug-likeness (QED) is 0.535. The fourth-order valence-corrected chi connectivity index (χ4v) is 1.56. The molecule has 0 unspecified atom stereocenters. The second-order valence-corrected chi connectivity index (χ2v) is 4.87. The number of amides is 2. The number of hydroxylamine groups is 1. The monoisotopic (exact) mass is 289 g/mol. The zero-order chi connectivity index (χ0) is 14.5. The van der Waals surface area contributed by atoms with Gasteiger partial charge in [0.2, 0.25) is 10.0 Å². The lowest BCUT2D eigenvalue weighted by molar-refractivity contribution is -0.143. The van der Waals surface area contributed by atoms with Gasteiger partial charge in [0.15, 0.2) is 6.61 Å². The third-order valence-corrected chi connectivity index (χ3v) is 2.73. The number of carboxylic acids is 1. The minimum atomic E-state index is -3.79. The summed E-state index contributed by atoms with van der Waals surface area (Å²) in [6.07, 6.45) is 0. The van der Waals surface area contributed by atoms with E-state index in [0.717, 1.165) is 0 Å². The molecule has 1 aromatic rings. The summed E-state index contributed by atoms with van der Waals surface area (Å²) in [5.41, 5.74) is 2.11. The molecule has 9 nitrogen and oxygen atoms in total. The van der Waals surface area contributed by atoms with Gasteiger partial charge in [-0.25, -0.2) is 28.6 Å². The van der Waals surface area contributed by atoms with Gasteiger partial charge in [-0.05, 0) is 24.3 Å². The molecule has 0 saturated carbocycles. The number of hydrogen-bond donors (Lipinski definition) is 4. The second-order valence-electron chi connectivity index (χ2n) is 3.31. The lowest BCUT2D eigenvalue weighted by Gasteiger charge is -2.07. The number of benzene rings is 1. The van der Waals surface area contributed by atoms with Crippen molar-refractivity contribution in [3.8, 4) is 0 Å². The molecule has 0 atom stereocenters. The molecule has 0 heterocycles. The number of rotatable bonds is 5. The normalized spacial score (nSPS) is 10.8. The average molecular weight is 289 g/mol. The summed E-state index contributed by atoms with van der Waals surface area (Å²) in [6, 6.07) is 4.25. The van der Waals surface area contributed by atoms with E-state index in [4.69, 9.17) is 10.2 Å². The van der Waals surface area contributed by atoms with Crippen LogP contribution in [0.3, 0.4) is 0 Å². The molecule has 5 N–H and O–H groups in total. The number of sulfonamides is 1. The molecule has 0 fully saturated rings. The molecule has 0 aromatic heterocycles. The molecular weight excluding hydrogens is 278 g/mol. The third-order valence-electron chi connectivity index (χ3n) is 1.80. The van der Waals surface area contributed by atoms with E-state index < -0.39 is 28.6 Å². The summed E-state index contributed by atoms with van der Waals surface area (Å²) < 4.78 is 21.9. The van der Waals surface area contributed by atoms with Gasteiger partial charge < -0.3 is 10.4 Å². The van der Waals surface area contributed by atoms with E-state index in [1.807, 2.05) is 5.48 Å². The number of nitrogens with one attached hydrogen (secondary N) is 2. The van der Waals surface area contributed by atoms with Crippen molar-refractivity contribution in [1.82, 2.24) is 5.48 Å². The largest absolute Gasteiger partial charge is 0.479 e. The summed E-state index contributed by atoms with van der Waals surface area (Å²) >= 11 is 0. The predicted octanol–water partition coefficient (Wildman–Crippen LogP) is -0.528. The molecule has 0 bridgehead atoms. The maximum absolute atomic E-state index is 11.2. The summed E-state index contributed by atoms with van der Waals surface area (Å²) in [5, 5.41) is 15.4. The number of nitrogens with two attached hydrogens (primary N) is 1. The Labute approximate surface area is 108 Å². The minimum absolute atomic E-state index is 0.0967. The van der Waals surface area contributed by atoms with Gasteiger partial charge in [-0.2, -0.15) is 0 Å². The van der Waals surface area contributed by atoms with Gasteiger partial charge in [0, 0.05) is 5.69 Å². The van der Waals surface area contributed by atoms with Crippen molar-refractivity contribution in [2.45, 2.75) is 4.90 Å². The van der Waals surface area contributed by atoms with Crippen LogP contribution in [-0.4, -0.2) is 32.1 Å². The Bertz CT molecular complexity index is 568. The zero-order valence-corrected chi connectivity index (χ0v) is 10.3. The molecule has 0 aliphatic rings. The molecule has 2 amide bonds. The molecule has 0 spiro atoms. The smallest absolute Gasteiger partial charge is 0.343 e. The molecule has 10 heteroatoms. The molecular formula is C9H11N3O6S. The van der Waals surface area contributed by atoms with Crippen LogP contribution in [0.15, 0.2) is 29.2 Å². The molecule has 19 heavy (non-hydrogen) atoms. The Morgan fingerprint density at radius 3 is 2.32 bits per heavy atom. The number of urea groups is 1. The van der Waals surface area contributed by atoms with Crippen LogP contribution in [0.1, 0.15) is 0 Å². The number of carbonyl (C=O) groups is 2. The van der Waals surface area contributed by atoms with Crippen molar-refractivity contribution >= 4 is 27.7 Å². The van der Waals surface area contributed by atoms with Gasteiger partial charge in [0.05, 0.1) is 4.90 Å². The Morgan fingerprint density at radius 1 is 1.26 bits per heavy atom. The summed E-state index contributed by atoms with van der Waals surface area (Å²) in [4.78, 5) is 25.5. The Morgan fingerprint density at radius 2 is 1.84 bits per heavy atom. The number of primary sulfonamides is 1. The van der Waals surface area contributed by atoms with Crippen molar-refractivity contribution in [2.75, 3.05) is 11.9 Å². The highest BCUT2D eigenvalue weighted by Crippen LogP contribution is 2.12. The standard InChI is InChI=1S/C9H11N3O6S/c10-19(16,17)7-3-1-6(2-4-7)11-9(15)12-18-5-8(13)14/h1-4H,5H2,(H,13,14)(H2,10,16,17)(H2,11,12,15). The lowest BCUT2D eigenvalue weighted by Crippen LogP contribution is -2.30. The summed E-state index contributed by atoms with van der Waals surface area (Å²) in [5.74, 6) is -1.24. The number of hydrogen-bond acceptors (Lipinski definition) is 5. The molecule has 1 aromatic carbocycles. The fourth-order valence-electron chi connectivity index (χ4n) is 1.05. The zero-order valence-electron chi connectivity index (χ0n) is 9.49. The predicted molar refractivity (Wildman–Crippen MR) is 63.6 cm³/mol.